The molecule has 0 aromatic carbocycles. The Bertz CT molecular complexity index is 247. The molecule has 0 radical (unpaired) electrons. The molecule has 0 bridgehead atoms. The Balaban J connectivity index is 2.41. The van der Waals surface area contributed by atoms with E-state index in [1.165, 1.54) is 7.11 Å². The van der Waals surface area contributed by atoms with Crippen LogP contribution < -0.4 is 11.1 Å². The highest BCUT2D eigenvalue weighted by Crippen LogP contribution is 2.25. The predicted molar refractivity (Wildman–Crippen MR) is 55.0 cm³/mol. The van der Waals surface area contributed by atoms with E-state index in [-0.39, 0.29) is 12.5 Å². The van der Waals surface area contributed by atoms with Crippen LogP contribution in [0, 0.1) is 0 Å². The number of nitrogens with one attached hydrogen (secondary N) is 1. The smallest absolute Gasteiger partial charge is 0.325 e. The first-order valence-corrected chi connectivity index (χ1v) is 5.22. The second-order valence-corrected chi connectivity index (χ2v) is 3.98. The molecule has 5 heteroatoms. The lowest BCUT2D eigenvalue weighted by Gasteiger charge is -2.31. The standard InChI is InChI=1S/C10H18N2O3/c1-15-8(13)7-12-9(14)10(11)5-3-2-4-6-10/h2-7,11H2,1H3,(H,12,14). The highest BCUT2D eigenvalue weighted by Gasteiger charge is 2.35. The van der Waals surface area contributed by atoms with Crippen molar-refractivity contribution in [1.29, 1.82) is 0 Å². The Morgan fingerprint density at radius 3 is 2.47 bits per heavy atom. The van der Waals surface area contributed by atoms with Gasteiger partial charge in [0.2, 0.25) is 5.91 Å². The Morgan fingerprint density at radius 1 is 1.33 bits per heavy atom. The lowest BCUT2D eigenvalue weighted by Crippen LogP contribution is -2.55. The van der Waals surface area contributed by atoms with Crippen molar-refractivity contribution in [1.82, 2.24) is 5.32 Å². The van der Waals surface area contributed by atoms with Crippen LogP contribution in [0.2, 0.25) is 0 Å². The summed E-state index contributed by atoms with van der Waals surface area (Å²) >= 11 is 0. The molecule has 1 fully saturated rings. The van der Waals surface area contributed by atoms with Gasteiger partial charge in [0.15, 0.2) is 0 Å². The monoisotopic (exact) mass is 214 g/mol. The molecule has 1 aliphatic carbocycles. The first-order valence-electron chi connectivity index (χ1n) is 5.22. The molecule has 0 spiro atoms. The zero-order chi connectivity index (χ0) is 11.3. The van der Waals surface area contributed by atoms with Crippen molar-refractivity contribution in [3.05, 3.63) is 0 Å². The molecule has 1 aliphatic rings. The maximum absolute atomic E-state index is 11.7. The van der Waals surface area contributed by atoms with E-state index < -0.39 is 11.5 Å². The van der Waals surface area contributed by atoms with Crippen LogP contribution in [0.15, 0.2) is 0 Å². The van der Waals surface area contributed by atoms with E-state index in [9.17, 15) is 9.59 Å². The fourth-order valence-corrected chi connectivity index (χ4v) is 1.81. The SMILES string of the molecule is COC(=O)CNC(=O)C1(N)CCCCC1. The molecule has 0 aromatic rings. The van der Waals surface area contributed by atoms with Crippen molar-refractivity contribution in [2.24, 2.45) is 5.73 Å². The molecule has 15 heavy (non-hydrogen) atoms. The van der Waals surface area contributed by atoms with Gasteiger partial charge in [-0.05, 0) is 12.8 Å². The maximum atomic E-state index is 11.7. The van der Waals surface area contributed by atoms with Gasteiger partial charge in [-0.1, -0.05) is 19.3 Å². The Kier molecular flexibility index (Phi) is 4.08. The van der Waals surface area contributed by atoms with Gasteiger partial charge in [0.1, 0.15) is 6.54 Å². The molecule has 1 amide bonds. The Labute approximate surface area is 89.3 Å². The molecule has 0 unspecified atom stereocenters. The van der Waals surface area contributed by atoms with Gasteiger partial charge in [-0.25, -0.2) is 0 Å². The summed E-state index contributed by atoms with van der Waals surface area (Å²) in [6.07, 6.45) is 4.47. The third-order valence-corrected chi connectivity index (χ3v) is 2.82. The first-order chi connectivity index (χ1) is 7.08. The Morgan fingerprint density at radius 2 is 1.93 bits per heavy atom. The molecule has 3 N–H and O–H groups in total. The summed E-state index contributed by atoms with van der Waals surface area (Å²) in [5.41, 5.74) is 5.18. The van der Waals surface area contributed by atoms with Crippen LogP contribution in [0.25, 0.3) is 0 Å². The summed E-state index contributed by atoms with van der Waals surface area (Å²) in [5.74, 6) is -0.699. The van der Waals surface area contributed by atoms with Gasteiger partial charge < -0.3 is 15.8 Å². The van der Waals surface area contributed by atoms with E-state index in [0.29, 0.717) is 12.8 Å². The molecule has 0 aromatic heterocycles. The van der Waals surface area contributed by atoms with Crippen molar-refractivity contribution < 1.29 is 14.3 Å². The van der Waals surface area contributed by atoms with E-state index in [1.807, 2.05) is 0 Å². The number of rotatable bonds is 3. The minimum atomic E-state index is -0.785. The average molecular weight is 214 g/mol. The highest BCUT2D eigenvalue weighted by molar-refractivity contribution is 5.88. The lowest BCUT2D eigenvalue weighted by atomic mass is 9.82. The fourth-order valence-electron chi connectivity index (χ4n) is 1.81. The van der Waals surface area contributed by atoms with E-state index in [0.717, 1.165) is 19.3 Å². The second-order valence-electron chi connectivity index (χ2n) is 3.98. The van der Waals surface area contributed by atoms with Crippen molar-refractivity contribution in [3.63, 3.8) is 0 Å². The van der Waals surface area contributed by atoms with E-state index in [2.05, 4.69) is 10.1 Å². The molecular weight excluding hydrogens is 196 g/mol. The molecule has 86 valence electrons. The number of nitrogens with two attached hydrogens (primary N) is 1. The molecule has 0 saturated heterocycles. The van der Waals surface area contributed by atoms with Gasteiger partial charge in [-0.15, -0.1) is 0 Å². The first kappa shape index (κ1) is 12.0. The number of methoxy groups -OCH3 is 1. The number of hydrogen-bond donors (Lipinski definition) is 2. The number of esters is 1. The van der Waals surface area contributed by atoms with Crippen molar-refractivity contribution in [2.45, 2.75) is 37.6 Å². The van der Waals surface area contributed by atoms with Crippen molar-refractivity contribution in [2.75, 3.05) is 13.7 Å². The fraction of sp³-hybridized carbons (Fsp3) is 0.800. The van der Waals surface area contributed by atoms with E-state index in [4.69, 9.17) is 5.73 Å². The third-order valence-electron chi connectivity index (χ3n) is 2.82. The summed E-state index contributed by atoms with van der Waals surface area (Å²) < 4.78 is 4.43. The Hall–Kier alpha value is -1.10. The molecule has 1 saturated carbocycles. The molecule has 0 heterocycles. The van der Waals surface area contributed by atoms with Crippen molar-refractivity contribution in [3.8, 4) is 0 Å². The number of amides is 1. The lowest BCUT2D eigenvalue weighted by molar-refractivity contribution is -0.142. The zero-order valence-electron chi connectivity index (χ0n) is 9.04. The highest BCUT2D eigenvalue weighted by atomic mass is 16.5. The number of carbonyl (C=O) groups excluding carboxylic acids is 2. The zero-order valence-corrected chi connectivity index (χ0v) is 9.04. The molecular formula is C10H18N2O3. The quantitative estimate of drug-likeness (QED) is 0.645. The molecule has 0 aliphatic heterocycles. The van der Waals surface area contributed by atoms with E-state index in [1.54, 1.807) is 0 Å². The van der Waals surface area contributed by atoms with Gasteiger partial charge in [-0.3, -0.25) is 9.59 Å². The van der Waals surface area contributed by atoms with Crippen LogP contribution in [0.1, 0.15) is 32.1 Å². The minimum Gasteiger partial charge on any atom is -0.468 e. The normalized spacial score (nSPS) is 19.3. The van der Waals surface area contributed by atoms with Crippen LogP contribution in [0.3, 0.4) is 0 Å². The number of carbonyl (C=O) groups is 2. The largest absolute Gasteiger partial charge is 0.468 e. The number of ether oxygens (including phenoxy) is 1. The van der Waals surface area contributed by atoms with Gasteiger partial charge in [0.25, 0.3) is 0 Å². The average Bonchev–Trinajstić information content (AvgIpc) is 2.26. The molecule has 1 rings (SSSR count). The number of hydrogen-bond acceptors (Lipinski definition) is 4. The van der Waals surface area contributed by atoms with Gasteiger partial charge in [0, 0.05) is 0 Å². The van der Waals surface area contributed by atoms with Crippen LogP contribution >= 0.6 is 0 Å². The van der Waals surface area contributed by atoms with Crippen LogP contribution in [0.4, 0.5) is 0 Å². The third kappa shape index (κ3) is 3.20. The van der Waals surface area contributed by atoms with Crippen LogP contribution in [0.5, 0.6) is 0 Å². The summed E-state index contributed by atoms with van der Waals surface area (Å²) in [5, 5.41) is 2.51. The molecule has 0 atom stereocenters. The summed E-state index contributed by atoms with van der Waals surface area (Å²) in [7, 11) is 1.29. The topological polar surface area (TPSA) is 81.4 Å². The minimum absolute atomic E-state index is 0.103. The summed E-state index contributed by atoms with van der Waals surface area (Å²) in [6.45, 7) is -0.103. The second kappa shape index (κ2) is 5.11. The van der Waals surface area contributed by atoms with Gasteiger partial charge in [0.05, 0.1) is 12.6 Å². The van der Waals surface area contributed by atoms with Gasteiger partial charge >= 0.3 is 5.97 Å². The van der Waals surface area contributed by atoms with Gasteiger partial charge in [-0.2, -0.15) is 0 Å². The summed E-state index contributed by atoms with van der Waals surface area (Å²) in [6, 6.07) is 0. The summed E-state index contributed by atoms with van der Waals surface area (Å²) in [4.78, 5) is 22.5. The van der Waals surface area contributed by atoms with Crippen LogP contribution in [-0.2, 0) is 14.3 Å². The maximum Gasteiger partial charge on any atom is 0.325 e. The van der Waals surface area contributed by atoms with Crippen LogP contribution in [-0.4, -0.2) is 31.1 Å². The predicted octanol–water partition coefficient (Wildman–Crippen LogP) is -0.0628. The van der Waals surface area contributed by atoms with Crippen molar-refractivity contribution >= 4 is 11.9 Å². The molecule has 5 nitrogen and oxygen atoms in total. The van der Waals surface area contributed by atoms with E-state index >= 15 is 0 Å².